The molecule has 0 heterocycles. The summed E-state index contributed by atoms with van der Waals surface area (Å²) in [6, 6.07) is 4.68. The molecular formula is C10H7ClN2O2S. The highest BCUT2D eigenvalue weighted by molar-refractivity contribution is 8.13. The fourth-order valence-electron chi connectivity index (χ4n) is 1.67. The van der Waals surface area contributed by atoms with Crippen LogP contribution in [0.3, 0.4) is 0 Å². The summed E-state index contributed by atoms with van der Waals surface area (Å²) in [5.74, 6) is 0. The monoisotopic (exact) mass is 254 g/mol. The normalized spacial score (nSPS) is 14.4. The van der Waals surface area contributed by atoms with Gasteiger partial charge in [-0.3, -0.25) is 0 Å². The summed E-state index contributed by atoms with van der Waals surface area (Å²) in [6.07, 6.45) is 3.86. The molecule has 0 unspecified atom stereocenters. The number of allylic oxidation sites excluding steroid dienone is 1. The SMILES string of the molecule is [N-]=[N+]=C1CC=Cc2c1cccc2S(=O)(=O)Cl. The van der Waals surface area contributed by atoms with Gasteiger partial charge in [-0.2, -0.15) is 4.79 Å². The Hall–Kier alpha value is -1.42. The molecule has 0 radical (unpaired) electrons. The fourth-order valence-corrected chi connectivity index (χ4v) is 2.76. The van der Waals surface area contributed by atoms with Gasteiger partial charge in [-0.25, -0.2) is 8.42 Å². The molecule has 82 valence electrons. The van der Waals surface area contributed by atoms with E-state index in [-0.39, 0.29) is 4.90 Å². The molecule has 2 rings (SSSR count). The van der Waals surface area contributed by atoms with Crippen LogP contribution >= 0.6 is 10.7 Å². The van der Waals surface area contributed by atoms with E-state index < -0.39 is 9.05 Å². The molecule has 1 aromatic carbocycles. The van der Waals surface area contributed by atoms with E-state index in [0.717, 1.165) is 0 Å². The smallest absolute Gasteiger partial charge is 0.303 e. The molecule has 0 fully saturated rings. The second kappa shape index (κ2) is 3.87. The summed E-state index contributed by atoms with van der Waals surface area (Å²) in [4.78, 5) is 3.17. The van der Waals surface area contributed by atoms with Crippen molar-refractivity contribution in [3.8, 4) is 0 Å². The van der Waals surface area contributed by atoms with Gasteiger partial charge in [0.2, 0.25) is 0 Å². The Balaban J connectivity index is 2.81. The van der Waals surface area contributed by atoms with Crippen molar-refractivity contribution >= 4 is 31.5 Å². The first-order valence-electron chi connectivity index (χ1n) is 4.49. The predicted octanol–water partition coefficient (Wildman–Crippen LogP) is 2.05. The van der Waals surface area contributed by atoms with E-state index in [2.05, 4.69) is 4.79 Å². The molecular weight excluding hydrogens is 248 g/mol. The highest BCUT2D eigenvalue weighted by Gasteiger charge is 2.24. The third-order valence-electron chi connectivity index (χ3n) is 2.36. The third kappa shape index (κ3) is 1.80. The van der Waals surface area contributed by atoms with Gasteiger partial charge in [0.15, 0.2) is 0 Å². The standard InChI is InChI=1S/C10H7ClN2O2S/c11-16(14,15)10-6-2-3-7-8(10)4-1-5-9(7)13-12/h1-4,6H,5H2. The summed E-state index contributed by atoms with van der Waals surface area (Å²) < 4.78 is 22.7. The van der Waals surface area contributed by atoms with Crippen LogP contribution in [-0.4, -0.2) is 18.9 Å². The molecule has 16 heavy (non-hydrogen) atoms. The Labute approximate surface area is 97.2 Å². The molecule has 6 heteroatoms. The van der Waals surface area contributed by atoms with Crippen LogP contribution in [0.15, 0.2) is 29.2 Å². The second-order valence-corrected chi connectivity index (χ2v) is 5.84. The summed E-state index contributed by atoms with van der Waals surface area (Å²) in [6.45, 7) is 0. The van der Waals surface area contributed by atoms with Crippen molar-refractivity contribution in [1.29, 1.82) is 0 Å². The predicted molar refractivity (Wildman–Crippen MR) is 60.9 cm³/mol. The molecule has 0 aliphatic heterocycles. The first-order chi connectivity index (χ1) is 7.54. The molecule has 0 saturated carbocycles. The van der Waals surface area contributed by atoms with Gasteiger partial charge < -0.3 is 5.53 Å². The molecule has 1 aliphatic carbocycles. The Bertz CT molecular complexity index is 628. The lowest BCUT2D eigenvalue weighted by Gasteiger charge is -2.09. The molecule has 0 saturated heterocycles. The zero-order chi connectivity index (χ0) is 11.8. The highest BCUT2D eigenvalue weighted by atomic mass is 35.7. The minimum atomic E-state index is -3.79. The average Bonchev–Trinajstić information content (AvgIpc) is 2.26. The van der Waals surface area contributed by atoms with Crippen LogP contribution in [0.5, 0.6) is 0 Å². The minimum Gasteiger partial charge on any atom is -0.361 e. The maximum atomic E-state index is 11.3. The van der Waals surface area contributed by atoms with E-state index in [0.29, 0.717) is 23.3 Å². The maximum Gasteiger partial charge on any atom is 0.303 e. The van der Waals surface area contributed by atoms with Gasteiger partial charge >= 0.3 is 5.71 Å². The van der Waals surface area contributed by atoms with Crippen molar-refractivity contribution in [3.63, 3.8) is 0 Å². The van der Waals surface area contributed by atoms with Crippen LogP contribution in [-0.2, 0) is 9.05 Å². The van der Waals surface area contributed by atoms with E-state index in [1.807, 2.05) is 0 Å². The highest BCUT2D eigenvalue weighted by Crippen LogP contribution is 2.27. The Morgan fingerprint density at radius 2 is 2.12 bits per heavy atom. The van der Waals surface area contributed by atoms with E-state index in [9.17, 15) is 8.42 Å². The summed E-state index contributed by atoms with van der Waals surface area (Å²) in [7, 11) is 1.53. The van der Waals surface area contributed by atoms with Crippen LogP contribution in [0.2, 0.25) is 0 Å². The van der Waals surface area contributed by atoms with Crippen molar-refractivity contribution < 1.29 is 13.2 Å². The molecule has 0 spiro atoms. The van der Waals surface area contributed by atoms with Crippen LogP contribution < -0.4 is 0 Å². The third-order valence-corrected chi connectivity index (χ3v) is 3.74. The van der Waals surface area contributed by atoms with Gasteiger partial charge in [0.1, 0.15) is 0 Å². The van der Waals surface area contributed by atoms with Gasteiger partial charge in [0, 0.05) is 16.2 Å². The lowest BCUT2D eigenvalue weighted by atomic mass is 9.96. The van der Waals surface area contributed by atoms with E-state index in [1.165, 1.54) is 6.07 Å². The van der Waals surface area contributed by atoms with Gasteiger partial charge in [-0.15, -0.1) is 0 Å². The topological polar surface area (TPSA) is 70.5 Å². The maximum absolute atomic E-state index is 11.3. The van der Waals surface area contributed by atoms with E-state index in [4.69, 9.17) is 16.2 Å². The van der Waals surface area contributed by atoms with Gasteiger partial charge in [-0.1, -0.05) is 18.2 Å². The fraction of sp³-hybridized carbons (Fsp3) is 0.100. The lowest BCUT2D eigenvalue weighted by molar-refractivity contribution is -0.00608. The van der Waals surface area contributed by atoms with Gasteiger partial charge in [-0.05, 0) is 12.1 Å². The lowest BCUT2D eigenvalue weighted by Crippen LogP contribution is -2.09. The summed E-state index contributed by atoms with van der Waals surface area (Å²) in [5.41, 5.74) is 10.3. The Morgan fingerprint density at radius 1 is 1.38 bits per heavy atom. The van der Waals surface area contributed by atoms with E-state index in [1.54, 1.807) is 24.3 Å². The molecule has 1 aliphatic rings. The number of hydrogen-bond donors (Lipinski definition) is 0. The molecule has 0 amide bonds. The van der Waals surface area contributed by atoms with Gasteiger partial charge in [0.05, 0.1) is 16.9 Å². The van der Waals surface area contributed by atoms with Crippen LogP contribution in [0.4, 0.5) is 0 Å². The number of nitrogens with zero attached hydrogens (tertiary/aromatic N) is 2. The number of hydrogen-bond acceptors (Lipinski definition) is 2. The molecule has 0 bridgehead atoms. The minimum absolute atomic E-state index is 0.0313. The second-order valence-electron chi connectivity index (χ2n) is 3.31. The quantitative estimate of drug-likeness (QED) is 0.437. The number of fused-ring (bicyclic) bond motifs is 1. The first-order valence-corrected chi connectivity index (χ1v) is 6.80. The van der Waals surface area contributed by atoms with Crippen LogP contribution in [0, 0.1) is 0 Å². The number of benzene rings is 1. The average molecular weight is 255 g/mol. The molecule has 1 aromatic rings. The molecule has 0 aromatic heterocycles. The Morgan fingerprint density at radius 3 is 2.75 bits per heavy atom. The largest absolute Gasteiger partial charge is 0.361 e. The van der Waals surface area contributed by atoms with Crippen LogP contribution in [0.25, 0.3) is 11.6 Å². The zero-order valence-corrected chi connectivity index (χ0v) is 9.66. The summed E-state index contributed by atoms with van der Waals surface area (Å²) in [5, 5.41) is 0. The summed E-state index contributed by atoms with van der Waals surface area (Å²) >= 11 is 0. The molecule has 0 atom stereocenters. The van der Waals surface area contributed by atoms with Crippen molar-refractivity contribution in [2.75, 3.05) is 0 Å². The number of halogens is 1. The van der Waals surface area contributed by atoms with Crippen molar-refractivity contribution in [1.82, 2.24) is 0 Å². The Kier molecular flexibility index (Phi) is 2.68. The molecule has 0 N–H and O–H groups in total. The molecule has 4 nitrogen and oxygen atoms in total. The zero-order valence-electron chi connectivity index (χ0n) is 8.09. The van der Waals surface area contributed by atoms with Crippen molar-refractivity contribution in [2.24, 2.45) is 0 Å². The van der Waals surface area contributed by atoms with Crippen molar-refractivity contribution in [2.45, 2.75) is 11.3 Å². The van der Waals surface area contributed by atoms with Crippen LogP contribution in [0.1, 0.15) is 17.5 Å². The first kappa shape index (κ1) is 11.1. The van der Waals surface area contributed by atoms with Crippen molar-refractivity contribution in [3.05, 3.63) is 40.9 Å². The number of rotatable bonds is 1. The van der Waals surface area contributed by atoms with E-state index >= 15 is 0 Å². The van der Waals surface area contributed by atoms with Gasteiger partial charge in [0.25, 0.3) is 9.05 Å².